The summed E-state index contributed by atoms with van der Waals surface area (Å²) in [5.41, 5.74) is 3.11. The van der Waals surface area contributed by atoms with Gasteiger partial charge in [0.05, 0.1) is 12.6 Å². The summed E-state index contributed by atoms with van der Waals surface area (Å²) in [7, 11) is 1.99. The second-order valence-electron chi connectivity index (χ2n) is 7.77. The Labute approximate surface area is 169 Å². The van der Waals surface area contributed by atoms with E-state index in [1.807, 2.05) is 25.4 Å². The van der Waals surface area contributed by atoms with Crippen LogP contribution >= 0.6 is 0 Å². The molecule has 2 atom stereocenters. The van der Waals surface area contributed by atoms with Crippen LogP contribution in [-0.4, -0.2) is 45.4 Å². The highest BCUT2D eigenvalue weighted by atomic mass is 16.2. The van der Waals surface area contributed by atoms with Crippen LogP contribution in [0.25, 0.3) is 0 Å². The third-order valence-electron chi connectivity index (χ3n) is 5.81. The number of hydrazine groups is 1. The van der Waals surface area contributed by atoms with Crippen molar-refractivity contribution in [2.45, 2.75) is 31.3 Å². The van der Waals surface area contributed by atoms with Crippen LogP contribution < -0.4 is 10.7 Å². The summed E-state index contributed by atoms with van der Waals surface area (Å²) >= 11 is 0. The highest BCUT2D eigenvalue weighted by Crippen LogP contribution is 2.31. The van der Waals surface area contributed by atoms with E-state index in [-0.39, 0.29) is 18.5 Å². The molecule has 2 fully saturated rings. The number of benzene rings is 1. The molecular formula is C21H25N5O3. The average molecular weight is 395 g/mol. The monoisotopic (exact) mass is 395 g/mol. The second-order valence-corrected chi connectivity index (χ2v) is 7.77. The predicted molar refractivity (Wildman–Crippen MR) is 106 cm³/mol. The quantitative estimate of drug-likeness (QED) is 0.754. The zero-order valence-corrected chi connectivity index (χ0v) is 16.6. The van der Waals surface area contributed by atoms with Gasteiger partial charge >= 0.3 is 6.03 Å². The molecule has 4 amide bonds. The lowest BCUT2D eigenvalue weighted by atomic mass is 9.92. The zero-order valence-electron chi connectivity index (χ0n) is 16.6. The van der Waals surface area contributed by atoms with Crippen molar-refractivity contribution < 1.29 is 14.4 Å². The lowest BCUT2D eigenvalue weighted by molar-refractivity contribution is -0.139. The van der Waals surface area contributed by atoms with Crippen molar-refractivity contribution >= 4 is 17.8 Å². The first-order valence-corrected chi connectivity index (χ1v) is 9.77. The number of rotatable bonds is 5. The number of amides is 4. The van der Waals surface area contributed by atoms with Gasteiger partial charge in [-0.2, -0.15) is 5.01 Å². The van der Waals surface area contributed by atoms with Crippen LogP contribution in [0.5, 0.6) is 0 Å². The van der Waals surface area contributed by atoms with Gasteiger partial charge in [0, 0.05) is 18.9 Å². The molecule has 3 heterocycles. The Kier molecular flexibility index (Phi) is 4.87. The molecule has 8 heteroatoms. The average Bonchev–Trinajstić information content (AvgIpc) is 3.38. The molecule has 2 aliphatic heterocycles. The Morgan fingerprint density at radius 3 is 2.66 bits per heavy atom. The minimum absolute atomic E-state index is 0.120. The van der Waals surface area contributed by atoms with Crippen molar-refractivity contribution in [3.8, 4) is 0 Å². The molecular weight excluding hydrogens is 370 g/mol. The molecule has 2 saturated heterocycles. The summed E-state index contributed by atoms with van der Waals surface area (Å²) in [4.78, 5) is 40.1. The topological polar surface area (TPSA) is 86.7 Å². The molecule has 0 saturated carbocycles. The van der Waals surface area contributed by atoms with Crippen LogP contribution in [0, 0.1) is 0 Å². The molecule has 2 aromatic rings. The molecule has 8 nitrogen and oxygen atoms in total. The van der Waals surface area contributed by atoms with Crippen molar-refractivity contribution in [2.24, 2.45) is 7.05 Å². The Hall–Kier alpha value is -3.13. The van der Waals surface area contributed by atoms with E-state index in [1.54, 1.807) is 31.2 Å². The van der Waals surface area contributed by atoms with Gasteiger partial charge in [0.2, 0.25) is 0 Å². The molecule has 0 radical (unpaired) electrons. The van der Waals surface area contributed by atoms with Crippen LogP contribution in [0.4, 0.5) is 4.79 Å². The highest BCUT2D eigenvalue weighted by Gasteiger charge is 2.50. The number of likely N-dealkylation sites (tertiary alicyclic amines) is 1. The summed E-state index contributed by atoms with van der Waals surface area (Å²) in [6, 6.07) is 12.6. The molecule has 152 valence electrons. The number of imide groups is 1. The van der Waals surface area contributed by atoms with Gasteiger partial charge in [-0.1, -0.05) is 30.3 Å². The summed E-state index contributed by atoms with van der Waals surface area (Å²) in [5, 5.41) is 3.48. The van der Waals surface area contributed by atoms with Crippen molar-refractivity contribution in [1.82, 2.24) is 25.2 Å². The van der Waals surface area contributed by atoms with Crippen LogP contribution in [0.2, 0.25) is 0 Å². The predicted octanol–water partition coefficient (Wildman–Crippen LogP) is 1.66. The molecule has 4 rings (SSSR count). The van der Waals surface area contributed by atoms with Crippen molar-refractivity contribution in [2.75, 3.05) is 13.1 Å². The number of hydrogen-bond acceptors (Lipinski definition) is 4. The van der Waals surface area contributed by atoms with Gasteiger partial charge in [-0.15, -0.1) is 0 Å². The van der Waals surface area contributed by atoms with Gasteiger partial charge in [-0.25, -0.2) is 4.79 Å². The Morgan fingerprint density at radius 1 is 1.21 bits per heavy atom. The van der Waals surface area contributed by atoms with Crippen molar-refractivity contribution in [1.29, 1.82) is 0 Å². The number of aryl methyl sites for hydroxylation is 1. The smallest absolute Gasteiger partial charge is 0.344 e. The summed E-state index contributed by atoms with van der Waals surface area (Å²) < 4.78 is 2.06. The lowest BCUT2D eigenvalue weighted by Crippen LogP contribution is -2.50. The first-order valence-electron chi connectivity index (χ1n) is 9.77. The van der Waals surface area contributed by atoms with Crippen LogP contribution in [0.1, 0.15) is 37.1 Å². The molecule has 1 aromatic heterocycles. The molecule has 2 N–H and O–H groups in total. The first kappa shape index (κ1) is 19.2. The summed E-state index contributed by atoms with van der Waals surface area (Å²) in [5.74, 6) is -0.880. The minimum atomic E-state index is -1.20. The fourth-order valence-corrected chi connectivity index (χ4v) is 4.22. The number of nitrogens with one attached hydrogen (secondary N) is 2. The van der Waals surface area contributed by atoms with Crippen molar-refractivity contribution in [3.63, 3.8) is 0 Å². The van der Waals surface area contributed by atoms with Gasteiger partial charge in [-0.3, -0.25) is 19.9 Å². The Bertz CT molecular complexity index is 941. The maximum atomic E-state index is 12.9. The molecule has 29 heavy (non-hydrogen) atoms. The maximum Gasteiger partial charge on any atom is 0.344 e. The number of hydrogen-bond donors (Lipinski definition) is 2. The second kappa shape index (κ2) is 7.36. The number of urea groups is 1. The molecule has 0 bridgehead atoms. The number of aromatic nitrogens is 1. The van der Waals surface area contributed by atoms with Gasteiger partial charge in [0.1, 0.15) is 5.54 Å². The van der Waals surface area contributed by atoms with E-state index in [2.05, 4.69) is 26.3 Å². The van der Waals surface area contributed by atoms with Crippen LogP contribution in [0.15, 0.2) is 48.7 Å². The number of nitrogens with zero attached hydrogens (tertiary/aromatic N) is 3. The summed E-state index contributed by atoms with van der Waals surface area (Å²) in [6.07, 6.45) is 3.96. The van der Waals surface area contributed by atoms with Gasteiger partial charge in [0.25, 0.3) is 11.8 Å². The Morgan fingerprint density at radius 2 is 1.97 bits per heavy atom. The van der Waals surface area contributed by atoms with E-state index in [0.29, 0.717) is 5.56 Å². The fourth-order valence-electron chi connectivity index (χ4n) is 4.22. The minimum Gasteiger partial charge on any atom is -0.353 e. The Balaban J connectivity index is 1.44. The van der Waals surface area contributed by atoms with Gasteiger partial charge < -0.3 is 9.88 Å². The van der Waals surface area contributed by atoms with Crippen molar-refractivity contribution in [3.05, 3.63) is 59.9 Å². The van der Waals surface area contributed by atoms with E-state index < -0.39 is 17.5 Å². The van der Waals surface area contributed by atoms with Gasteiger partial charge in [0.15, 0.2) is 0 Å². The van der Waals surface area contributed by atoms with E-state index in [1.165, 1.54) is 0 Å². The summed E-state index contributed by atoms with van der Waals surface area (Å²) in [6.45, 7) is 2.56. The maximum absolute atomic E-state index is 12.9. The first-order chi connectivity index (χ1) is 13.9. The molecule has 1 aromatic carbocycles. The normalized spacial score (nSPS) is 24.8. The van der Waals surface area contributed by atoms with E-state index in [9.17, 15) is 14.4 Å². The van der Waals surface area contributed by atoms with Gasteiger partial charge in [-0.05, 0) is 44.0 Å². The molecule has 0 unspecified atom stereocenters. The van der Waals surface area contributed by atoms with E-state index >= 15 is 0 Å². The zero-order chi connectivity index (χ0) is 20.6. The van der Waals surface area contributed by atoms with Crippen LogP contribution in [-0.2, 0) is 22.2 Å². The largest absolute Gasteiger partial charge is 0.353 e. The number of carbonyl (C=O) groups excluding carboxylic acids is 3. The third-order valence-corrected chi connectivity index (χ3v) is 5.81. The SMILES string of the molecule is Cn1cccc1[C@@H]1CCCN1CC(=O)NN1C(=O)N[C@](C)(c2ccccc2)C1=O. The lowest BCUT2D eigenvalue weighted by Gasteiger charge is -2.26. The standard InChI is InChI=1S/C21H25N5O3/c1-21(15-8-4-3-5-9-15)19(28)26(20(29)22-21)23-18(27)14-25-13-7-11-17(25)16-10-6-12-24(16)2/h3-6,8-10,12,17H,7,11,13-14H2,1-2H3,(H,22,29)(H,23,27)/t17-,21+/m0/s1. The van der Waals surface area contributed by atoms with E-state index in [4.69, 9.17) is 0 Å². The molecule has 0 spiro atoms. The van der Waals surface area contributed by atoms with E-state index in [0.717, 1.165) is 30.1 Å². The fraction of sp³-hybridized carbons (Fsp3) is 0.381. The van der Waals surface area contributed by atoms with Crippen LogP contribution in [0.3, 0.4) is 0 Å². The molecule has 2 aliphatic rings. The third kappa shape index (κ3) is 3.40. The highest BCUT2D eigenvalue weighted by molar-refractivity contribution is 6.08. The molecule has 0 aliphatic carbocycles. The number of carbonyl (C=O) groups is 3.